The molecule has 2 aliphatic rings. The molecule has 6 nitrogen and oxygen atoms in total. The molecule has 1 heterocycles. The maximum Gasteiger partial charge on any atom is 0.224 e. The van der Waals surface area contributed by atoms with Gasteiger partial charge >= 0.3 is 0 Å². The van der Waals surface area contributed by atoms with Gasteiger partial charge in [0, 0.05) is 32.6 Å². The van der Waals surface area contributed by atoms with Gasteiger partial charge in [-0.1, -0.05) is 0 Å². The van der Waals surface area contributed by atoms with Crippen molar-refractivity contribution >= 4 is 11.9 Å². The molecule has 0 aromatic heterocycles. The number of guanidine groups is 1. The summed E-state index contributed by atoms with van der Waals surface area (Å²) in [5.74, 6) is 0.691. The zero-order valence-corrected chi connectivity index (χ0v) is 11.0. The van der Waals surface area contributed by atoms with Gasteiger partial charge in [-0.2, -0.15) is 0 Å². The largest absolute Gasteiger partial charge is 0.378 e. The fourth-order valence-corrected chi connectivity index (χ4v) is 2.00. The molecule has 2 fully saturated rings. The number of nitrogens with two attached hydrogens (primary N) is 1. The number of nitrogens with zero attached hydrogens (tertiary/aromatic N) is 3. The van der Waals surface area contributed by atoms with Gasteiger partial charge < -0.3 is 20.3 Å². The van der Waals surface area contributed by atoms with Gasteiger partial charge in [0.1, 0.15) is 0 Å². The highest BCUT2D eigenvalue weighted by molar-refractivity contribution is 5.80. The fraction of sp³-hybridized carbons (Fsp3) is 0.833. The van der Waals surface area contributed by atoms with E-state index in [1.807, 2.05) is 16.8 Å². The summed E-state index contributed by atoms with van der Waals surface area (Å²) in [4.78, 5) is 19.9. The summed E-state index contributed by atoms with van der Waals surface area (Å²) in [5.41, 5.74) is 5.85. The molecule has 2 rings (SSSR count). The Morgan fingerprint density at radius 2 is 2.11 bits per heavy atom. The molecule has 6 heteroatoms. The van der Waals surface area contributed by atoms with Crippen LogP contribution in [0.25, 0.3) is 0 Å². The molecule has 0 spiro atoms. The molecule has 2 N–H and O–H groups in total. The van der Waals surface area contributed by atoms with Gasteiger partial charge in [0.05, 0.1) is 19.8 Å². The summed E-state index contributed by atoms with van der Waals surface area (Å²) in [7, 11) is 1.96. The van der Waals surface area contributed by atoms with Crippen molar-refractivity contribution in [2.75, 3.05) is 39.9 Å². The maximum absolute atomic E-state index is 11.8. The molecular weight excluding hydrogens is 232 g/mol. The van der Waals surface area contributed by atoms with Gasteiger partial charge in [0.2, 0.25) is 5.91 Å². The lowest BCUT2D eigenvalue weighted by atomic mass is 10.3. The number of hydrogen-bond donors (Lipinski definition) is 1. The topological polar surface area (TPSA) is 71.2 Å². The Morgan fingerprint density at radius 3 is 2.72 bits per heavy atom. The molecule has 0 aromatic rings. The summed E-state index contributed by atoms with van der Waals surface area (Å²) in [6, 6.07) is 0.559. The highest BCUT2D eigenvalue weighted by Gasteiger charge is 2.27. The van der Waals surface area contributed by atoms with Crippen LogP contribution in [0.2, 0.25) is 0 Å². The Labute approximate surface area is 108 Å². The van der Waals surface area contributed by atoms with Gasteiger partial charge in [-0.3, -0.25) is 9.79 Å². The van der Waals surface area contributed by atoms with Crippen LogP contribution in [0.15, 0.2) is 4.99 Å². The smallest absolute Gasteiger partial charge is 0.224 e. The number of carbonyl (C=O) groups is 1. The molecule has 0 unspecified atom stereocenters. The highest BCUT2D eigenvalue weighted by atomic mass is 16.5. The molecule has 1 saturated heterocycles. The summed E-state index contributed by atoms with van der Waals surface area (Å²) in [5, 5.41) is 0. The van der Waals surface area contributed by atoms with Gasteiger partial charge in [0.25, 0.3) is 0 Å². The minimum Gasteiger partial charge on any atom is -0.378 e. The van der Waals surface area contributed by atoms with Crippen molar-refractivity contribution in [3.05, 3.63) is 0 Å². The molecule has 18 heavy (non-hydrogen) atoms. The predicted octanol–water partition coefficient (Wildman–Crippen LogP) is -0.356. The third kappa shape index (κ3) is 3.60. The first-order valence-electron chi connectivity index (χ1n) is 6.57. The van der Waals surface area contributed by atoms with E-state index in [1.165, 1.54) is 12.8 Å². The van der Waals surface area contributed by atoms with E-state index in [9.17, 15) is 4.79 Å². The first-order chi connectivity index (χ1) is 8.68. The van der Waals surface area contributed by atoms with Crippen LogP contribution in [0.5, 0.6) is 0 Å². The number of morpholine rings is 1. The van der Waals surface area contributed by atoms with E-state index in [-0.39, 0.29) is 5.91 Å². The number of carbonyl (C=O) groups excluding carboxylic acids is 1. The Hall–Kier alpha value is -1.30. The highest BCUT2D eigenvalue weighted by Crippen LogP contribution is 2.24. The molecule has 0 bridgehead atoms. The minimum atomic E-state index is 0.143. The van der Waals surface area contributed by atoms with Crippen molar-refractivity contribution in [2.24, 2.45) is 10.7 Å². The van der Waals surface area contributed by atoms with Gasteiger partial charge in [-0.15, -0.1) is 0 Å². The Morgan fingerprint density at radius 1 is 1.44 bits per heavy atom. The van der Waals surface area contributed by atoms with E-state index >= 15 is 0 Å². The van der Waals surface area contributed by atoms with Crippen molar-refractivity contribution in [2.45, 2.75) is 25.3 Å². The number of rotatable bonds is 4. The second-order valence-electron chi connectivity index (χ2n) is 4.83. The van der Waals surface area contributed by atoms with Crippen molar-refractivity contribution in [1.29, 1.82) is 0 Å². The molecular formula is C12H22N4O2. The molecule has 1 aliphatic carbocycles. The third-order valence-electron chi connectivity index (χ3n) is 3.42. The standard InChI is InChI=1S/C12H22N4O2/c1-15(10-2-3-10)12(13)14-5-4-11(17)16-6-8-18-9-7-16/h10H,2-9H2,1H3,(H2,13,14). The second-order valence-corrected chi connectivity index (χ2v) is 4.83. The molecule has 0 radical (unpaired) electrons. The maximum atomic E-state index is 11.8. The van der Waals surface area contributed by atoms with Gasteiger partial charge in [-0.25, -0.2) is 0 Å². The number of ether oxygens (including phenoxy) is 1. The number of aliphatic imine (C=N–C) groups is 1. The van der Waals surface area contributed by atoms with Crippen LogP contribution in [0, 0.1) is 0 Å². The Kier molecular flexibility index (Phi) is 4.41. The van der Waals surface area contributed by atoms with Crippen molar-refractivity contribution in [3.8, 4) is 0 Å². The van der Waals surface area contributed by atoms with Crippen molar-refractivity contribution in [3.63, 3.8) is 0 Å². The van der Waals surface area contributed by atoms with Gasteiger partial charge in [0.15, 0.2) is 5.96 Å². The first-order valence-corrected chi connectivity index (χ1v) is 6.57. The van der Waals surface area contributed by atoms with Crippen molar-refractivity contribution < 1.29 is 9.53 Å². The van der Waals surface area contributed by atoms with Crippen LogP contribution >= 0.6 is 0 Å². The van der Waals surface area contributed by atoms with Crippen LogP contribution in [0.3, 0.4) is 0 Å². The number of hydrogen-bond acceptors (Lipinski definition) is 3. The molecule has 102 valence electrons. The van der Waals surface area contributed by atoms with E-state index in [0.717, 1.165) is 0 Å². The molecule has 1 saturated carbocycles. The normalized spacial score (nSPS) is 20.9. The van der Waals surface area contributed by atoms with E-state index in [0.29, 0.717) is 51.3 Å². The summed E-state index contributed by atoms with van der Waals surface area (Å²) in [6.45, 7) is 3.14. The summed E-state index contributed by atoms with van der Waals surface area (Å²) in [6.07, 6.45) is 2.82. The van der Waals surface area contributed by atoms with Crippen LogP contribution in [-0.2, 0) is 9.53 Å². The van der Waals surface area contributed by atoms with Gasteiger partial charge in [-0.05, 0) is 12.8 Å². The summed E-state index contributed by atoms with van der Waals surface area (Å²) >= 11 is 0. The number of amides is 1. The fourth-order valence-electron chi connectivity index (χ4n) is 2.00. The quantitative estimate of drug-likeness (QED) is 0.549. The Balaban J connectivity index is 1.70. The zero-order chi connectivity index (χ0) is 13.0. The molecule has 1 amide bonds. The summed E-state index contributed by atoms with van der Waals surface area (Å²) < 4.78 is 5.21. The van der Waals surface area contributed by atoms with E-state index in [4.69, 9.17) is 10.5 Å². The lowest BCUT2D eigenvalue weighted by Crippen LogP contribution is -2.41. The predicted molar refractivity (Wildman–Crippen MR) is 69.3 cm³/mol. The van der Waals surface area contributed by atoms with Crippen LogP contribution in [-0.4, -0.2) is 67.6 Å². The minimum absolute atomic E-state index is 0.143. The molecule has 0 aromatic carbocycles. The lowest BCUT2D eigenvalue weighted by molar-refractivity contribution is -0.135. The third-order valence-corrected chi connectivity index (χ3v) is 3.42. The average Bonchev–Trinajstić information content (AvgIpc) is 3.23. The van der Waals surface area contributed by atoms with Crippen LogP contribution in [0.4, 0.5) is 0 Å². The average molecular weight is 254 g/mol. The van der Waals surface area contributed by atoms with E-state index in [1.54, 1.807) is 0 Å². The van der Waals surface area contributed by atoms with Crippen LogP contribution in [0.1, 0.15) is 19.3 Å². The zero-order valence-electron chi connectivity index (χ0n) is 11.0. The molecule has 1 aliphatic heterocycles. The van der Waals surface area contributed by atoms with E-state index < -0.39 is 0 Å². The second kappa shape index (κ2) is 6.04. The molecule has 0 atom stereocenters. The SMILES string of the molecule is CN(C(N)=NCCC(=O)N1CCOCC1)C1CC1. The van der Waals surface area contributed by atoms with Crippen molar-refractivity contribution in [1.82, 2.24) is 9.80 Å². The van der Waals surface area contributed by atoms with E-state index in [2.05, 4.69) is 4.99 Å². The Bertz CT molecular complexity index is 322. The first kappa shape index (κ1) is 13.1. The lowest BCUT2D eigenvalue weighted by Gasteiger charge is -2.26. The van der Waals surface area contributed by atoms with Crippen LogP contribution < -0.4 is 5.73 Å². The monoisotopic (exact) mass is 254 g/mol.